The van der Waals surface area contributed by atoms with Crippen molar-refractivity contribution in [2.75, 3.05) is 0 Å². The van der Waals surface area contributed by atoms with Gasteiger partial charge in [0.05, 0.1) is 0 Å². The number of carboxylic acid groups (broad SMARTS) is 1. The van der Waals surface area contributed by atoms with Crippen LogP contribution in [0.2, 0.25) is 0 Å². The monoisotopic (exact) mass is 266 g/mol. The molecule has 19 heavy (non-hydrogen) atoms. The molecule has 0 aliphatic heterocycles. The van der Waals surface area contributed by atoms with E-state index in [9.17, 15) is 20.0 Å². The van der Waals surface area contributed by atoms with Crippen LogP contribution in [0, 0.1) is 10.1 Å². The van der Waals surface area contributed by atoms with Gasteiger partial charge in [0, 0.05) is 24.8 Å². The molecule has 0 aromatic heterocycles. The summed E-state index contributed by atoms with van der Waals surface area (Å²) in [6.07, 6.45) is 0. The summed E-state index contributed by atoms with van der Waals surface area (Å²) < 4.78 is 0. The van der Waals surface area contributed by atoms with E-state index in [2.05, 4.69) is 5.32 Å². The van der Waals surface area contributed by atoms with Gasteiger partial charge in [0.15, 0.2) is 6.04 Å². The van der Waals surface area contributed by atoms with E-state index in [1.54, 1.807) is 6.92 Å². The summed E-state index contributed by atoms with van der Waals surface area (Å²) in [6, 6.07) is 7.65. The van der Waals surface area contributed by atoms with Crippen LogP contribution in [0.4, 0.5) is 0 Å². The largest absolute Gasteiger partial charge is 0.480 e. The molecule has 6 heteroatoms. The number of carboxylic acids is 1. The average molecular weight is 266 g/mol. The van der Waals surface area contributed by atoms with Crippen molar-refractivity contribution in [2.24, 2.45) is 0 Å². The maximum Gasteiger partial charge on any atom is 0.328 e. The first-order valence-electron chi connectivity index (χ1n) is 5.95. The third-order valence-corrected chi connectivity index (χ3v) is 3.14. The van der Waals surface area contributed by atoms with Crippen molar-refractivity contribution in [1.29, 1.82) is 0 Å². The smallest absolute Gasteiger partial charge is 0.328 e. The number of rotatable bonds is 6. The highest BCUT2D eigenvalue weighted by molar-refractivity contribution is 5.75. The molecule has 0 aliphatic rings. The van der Waals surface area contributed by atoms with Crippen LogP contribution in [0.3, 0.4) is 0 Å². The van der Waals surface area contributed by atoms with E-state index in [1.807, 2.05) is 30.3 Å². The van der Waals surface area contributed by atoms with E-state index in [0.29, 0.717) is 0 Å². The van der Waals surface area contributed by atoms with Crippen LogP contribution in [-0.2, 0) is 4.79 Å². The van der Waals surface area contributed by atoms with Gasteiger partial charge in [0.2, 0.25) is 5.54 Å². The Morgan fingerprint density at radius 1 is 1.37 bits per heavy atom. The number of aliphatic carboxylic acids is 1. The predicted octanol–water partition coefficient (Wildman–Crippen LogP) is 1.85. The Morgan fingerprint density at radius 2 is 1.89 bits per heavy atom. The lowest BCUT2D eigenvalue weighted by Gasteiger charge is -2.27. The Hall–Kier alpha value is -1.95. The van der Waals surface area contributed by atoms with Crippen LogP contribution in [0.1, 0.15) is 32.4 Å². The minimum atomic E-state index is -1.59. The van der Waals surface area contributed by atoms with Gasteiger partial charge in [-0.2, -0.15) is 0 Å². The molecular weight excluding hydrogens is 248 g/mol. The fourth-order valence-corrected chi connectivity index (χ4v) is 1.77. The zero-order valence-electron chi connectivity index (χ0n) is 11.2. The second kappa shape index (κ2) is 5.79. The predicted molar refractivity (Wildman–Crippen MR) is 70.5 cm³/mol. The van der Waals surface area contributed by atoms with E-state index in [-0.39, 0.29) is 6.04 Å². The second-order valence-corrected chi connectivity index (χ2v) is 4.98. The zero-order valence-corrected chi connectivity index (χ0v) is 11.2. The molecular formula is C13H18N2O4. The first-order valence-corrected chi connectivity index (χ1v) is 5.95. The van der Waals surface area contributed by atoms with Crippen LogP contribution < -0.4 is 5.32 Å². The molecule has 0 saturated heterocycles. The van der Waals surface area contributed by atoms with E-state index >= 15 is 0 Å². The van der Waals surface area contributed by atoms with Gasteiger partial charge in [0.25, 0.3) is 0 Å². The molecule has 0 amide bonds. The fourth-order valence-electron chi connectivity index (χ4n) is 1.77. The van der Waals surface area contributed by atoms with E-state index in [0.717, 1.165) is 5.56 Å². The molecule has 0 fully saturated rings. The lowest BCUT2D eigenvalue weighted by Crippen LogP contribution is -2.56. The third-order valence-electron chi connectivity index (χ3n) is 3.14. The summed E-state index contributed by atoms with van der Waals surface area (Å²) in [7, 11) is 0. The van der Waals surface area contributed by atoms with Gasteiger partial charge < -0.3 is 5.11 Å². The first kappa shape index (κ1) is 15.1. The zero-order chi connectivity index (χ0) is 14.6. The van der Waals surface area contributed by atoms with Gasteiger partial charge in [0.1, 0.15) is 0 Å². The Kier molecular flexibility index (Phi) is 4.61. The molecule has 1 rings (SSSR count). The molecule has 2 unspecified atom stereocenters. The highest BCUT2D eigenvalue weighted by Gasteiger charge is 2.46. The molecule has 0 saturated carbocycles. The van der Waals surface area contributed by atoms with Gasteiger partial charge in [-0.1, -0.05) is 30.3 Å². The SMILES string of the molecule is CC(NC(C(=O)O)C(C)(C)[N+](=O)[O-])c1ccccc1. The molecule has 0 heterocycles. The minimum absolute atomic E-state index is 0.290. The van der Waals surface area contributed by atoms with E-state index in [4.69, 9.17) is 0 Å². The summed E-state index contributed by atoms with van der Waals surface area (Å²) in [5, 5.41) is 23.0. The van der Waals surface area contributed by atoms with E-state index < -0.39 is 22.5 Å². The summed E-state index contributed by atoms with van der Waals surface area (Å²) in [5.41, 5.74) is -0.706. The number of hydrogen-bond donors (Lipinski definition) is 2. The molecule has 0 aliphatic carbocycles. The first-order chi connectivity index (χ1) is 8.76. The number of nitrogens with one attached hydrogen (secondary N) is 1. The number of nitro groups is 1. The number of nitrogens with zero attached hydrogens (tertiary/aromatic N) is 1. The third kappa shape index (κ3) is 3.51. The van der Waals surface area contributed by atoms with Crippen molar-refractivity contribution in [1.82, 2.24) is 5.32 Å². The van der Waals surface area contributed by atoms with Crippen LogP contribution >= 0.6 is 0 Å². The number of carbonyl (C=O) groups is 1. The summed E-state index contributed by atoms with van der Waals surface area (Å²) in [6.45, 7) is 4.38. The van der Waals surface area contributed by atoms with Crippen molar-refractivity contribution in [3.63, 3.8) is 0 Å². The Bertz CT molecular complexity index is 459. The molecule has 6 nitrogen and oxygen atoms in total. The minimum Gasteiger partial charge on any atom is -0.480 e. The lowest BCUT2D eigenvalue weighted by molar-refractivity contribution is -0.563. The summed E-state index contributed by atoms with van der Waals surface area (Å²) in [5.74, 6) is -1.23. The standard InChI is InChI=1S/C13H18N2O4/c1-9(10-7-5-4-6-8-10)14-11(12(16)17)13(2,3)15(18)19/h4-9,11,14H,1-3H3,(H,16,17). The van der Waals surface area contributed by atoms with E-state index in [1.165, 1.54) is 13.8 Å². The van der Waals surface area contributed by atoms with Crippen LogP contribution in [0.25, 0.3) is 0 Å². The summed E-state index contributed by atoms with van der Waals surface area (Å²) in [4.78, 5) is 21.7. The Morgan fingerprint density at radius 3 is 2.32 bits per heavy atom. The quantitative estimate of drug-likeness (QED) is 0.605. The molecule has 2 atom stereocenters. The Labute approximate surface area is 111 Å². The van der Waals surface area contributed by atoms with Crippen LogP contribution in [0.15, 0.2) is 30.3 Å². The van der Waals surface area contributed by atoms with Crippen molar-refractivity contribution in [3.8, 4) is 0 Å². The fraction of sp³-hybridized carbons (Fsp3) is 0.462. The van der Waals surface area contributed by atoms with Crippen molar-refractivity contribution in [2.45, 2.75) is 38.4 Å². The molecule has 104 valence electrons. The summed E-state index contributed by atoms with van der Waals surface area (Å²) >= 11 is 0. The topological polar surface area (TPSA) is 92.5 Å². The molecule has 0 spiro atoms. The highest BCUT2D eigenvalue weighted by atomic mass is 16.6. The second-order valence-electron chi connectivity index (χ2n) is 4.98. The van der Waals surface area contributed by atoms with Gasteiger partial charge in [-0.05, 0) is 12.5 Å². The molecule has 0 radical (unpaired) electrons. The lowest BCUT2D eigenvalue weighted by atomic mass is 9.94. The average Bonchev–Trinajstić information content (AvgIpc) is 2.35. The maximum absolute atomic E-state index is 11.3. The van der Waals surface area contributed by atoms with Crippen molar-refractivity contribution < 1.29 is 14.8 Å². The number of benzene rings is 1. The van der Waals surface area contributed by atoms with Gasteiger partial charge >= 0.3 is 5.97 Å². The highest BCUT2D eigenvalue weighted by Crippen LogP contribution is 2.19. The Balaban J connectivity index is 2.92. The van der Waals surface area contributed by atoms with Gasteiger partial charge in [-0.25, -0.2) is 0 Å². The normalized spacial score (nSPS) is 14.7. The van der Waals surface area contributed by atoms with Gasteiger partial charge in [-0.15, -0.1) is 0 Å². The van der Waals surface area contributed by atoms with Crippen molar-refractivity contribution >= 4 is 5.97 Å². The molecule has 0 bridgehead atoms. The van der Waals surface area contributed by atoms with Crippen molar-refractivity contribution in [3.05, 3.63) is 46.0 Å². The molecule has 2 N–H and O–H groups in total. The van der Waals surface area contributed by atoms with Gasteiger partial charge in [-0.3, -0.25) is 20.2 Å². The number of hydrogen-bond acceptors (Lipinski definition) is 4. The van der Waals surface area contributed by atoms with Crippen LogP contribution in [0.5, 0.6) is 0 Å². The molecule has 1 aromatic rings. The van der Waals surface area contributed by atoms with Crippen LogP contribution in [-0.4, -0.2) is 27.6 Å². The molecule has 1 aromatic carbocycles. The maximum atomic E-state index is 11.3.